The van der Waals surface area contributed by atoms with Crippen LogP contribution in [0.1, 0.15) is 161 Å². The molecule has 0 saturated heterocycles. The fourth-order valence-corrected chi connectivity index (χ4v) is 8.99. The van der Waals surface area contributed by atoms with Crippen LogP contribution in [0.2, 0.25) is 0 Å². The summed E-state index contributed by atoms with van der Waals surface area (Å²) in [5.41, 5.74) is 5.86. The smallest absolute Gasteiger partial charge is 0.343 e. The van der Waals surface area contributed by atoms with E-state index in [1.54, 1.807) is 24.3 Å². The maximum Gasteiger partial charge on any atom is 0.343 e. The first-order valence-corrected chi connectivity index (χ1v) is 22.3. The molecule has 0 atom stereocenters. The first kappa shape index (κ1) is 41.2. The van der Waals surface area contributed by atoms with Gasteiger partial charge in [0.05, 0.1) is 11.1 Å². The summed E-state index contributed by atoms with van der Waals surface area (Å²) < 4.78 is 11.9. The average molecular weight is 784 g/mol. The fourth-order valence-electron chi connectivity index (χ4n) is 8.99. The third-order valence-corrected chi connectivity index (χ3v) is 12.4. The van der Waals surface area contributed by atoms with E-state index in [0.29, 0.717) is 45.5 Å². The molecule has 306 valence electrons. The van der Waals surface area contributed by atoms with Gasteiger partial charge < -0.3 is 19.4 Å². The van der Waals surface area contributed by atoms with E-state index < -0.39 is 17.3 Å². The minimum absolute atomic E-state index is 0.0315. The number of unbranched alkanes of at least 4 members (excludes halogenated alkanes) is 9. The molecule has 2 aliphatic heterocycles. The van der Waals surface area contributed by atoms with Crippen LogP contribution in [0.3, 0.4) is 0 Å². The van der Waals surface area contributed by atoms with Crippen molar-refractivity contribution >= 4 is 34.4 Å². The fraction of sp³-hybridized carbons (Fsp3) is 0.480. The van der Waals surface area contributed by atoms with E-state index in [0.717, 1.165) is 31.8 Å². The minimum Gasteiger partial charge on any atom is -0.453 e. The lowest BCUT2D eigenvalue weighted by atomic mass is 9.77. The Morgan fingerprint density at radius 2 is 1.52 bits per heavy atom. The number of rotatable bonds is 18. The molecule has 8 heteroatoms. The number of carbonyl (C=O) groups is 2. The van der Waals surface area contributed by atoms with Gasteiger partial charge in [0.15, 0.2) is 16.8 Å². The second kappa shape index (κ2) is 20.1. The van der Waals surface area contributed by atoms with Crippen molar-refractivity contribution in [3.05, 3.63) is 105 Å². The highest BCUT2D eigenvalue weighted by atomic mass is 16.5. The number of hydrogen-bond acceptors (Lipinski definition) is 7. The first-order valence-electron chi connectivity index (χ1n) is 22.3. The normalized spacial score (nSPS) is 16.7. The van der Waals surface area contributed by atoms with Gasteiger partial charge in [0.25, 0.3) is 5.91 Å². The van der Waals surface area contributed by atoms with Crippen LogP contribution >= 0.6 is 0 Å². The Kier molecular flexibility index (Phi) is 14.3. The molecule has 1 fully saturated rings. The standard InChI is InChI=1S/C50H61N3O5/c1-3-5-7-8-9-10-11-13-29-53-30-14-16-39-31-43-47(33-45(39)53)58-48-34-46(54)42(32-44(48)52-43)49(55)51-40-25-21-38(22-26-40)50(56)57-41-27-23-37(24-28-41)36-19-17-35(18-20-36)15-12-6-4-2/h21-28,31-36H,3-20,29-30H2,1-2H3,(H,51,55). The molecule has 1 N–H and O–H groups in total. The lowest BCUT2D eigenvalue weighted by Gasteiger charge is -2.31. The Hall–Kier alpha value is -4.98. The summed E-state index contributed by atoms with van der Waals surface area (Å²) in [7, 11) is 0. The summed E-state index contributed by atoms with van der Waals surface area (Å²) in [6.07, 6.45) is 22.8. The van der Waals surface area contributed by atoms with Gasteiger partial charge in [-0.15, -0.1) is 0 Å². The van der Waals surface area contributed by atoms with E-state index in [1.165, 1.54) is 132 Å². The highest BCUT2D eigenvalue weighted by Gasteiger charge is 2.24. The van der Waals surface area contributed by atoms with Crippen molar-refractivity contribution in [3.8, 4) is 17.2 Å². The van der Waals surface area contributed by atoms with Crippen LogP contribution < -0.4 is 20.4 Å². The zero-order valence-corrected chi connectivity index (χ0v) is 34.7. The predicted octanol–water partition coefficient (Wildman–Crippen LogP) is 12.5. The number of ether oxygens (including phenoxy) is 1. The summed E-state index contributed by atoms with van der Waals surface area (Å²) in [6.45, 7) is 6.58. The Labute approximate surface area is 344 Å². The summed E-state index contributed by atoms with van der Waals surface area (Å²) in [5, 5.41) is 2.80. The Morgan fingerprint density at radius 1 is 0.810 bits per heavy atom. The molecule has 0 radical (unpaired) electrons. The van der Waals surface area contributed by atoms with E-state index in [9.17, 15) is 14.4 Å². The number of hydrogen-bond donors (Lipinski definition) is 1. The monoisotopic (exact) mass is 783 g/mol. The van der Waals surface area contributed by atoms with Gasteiger partial charge in [-0.2, -0.15) is 0 Å². The van der Waals surface area contributed by atoms with E-state index in [1.807, 2.05) is 12.1 Å². The van der Waals surface area contributed by atoms with Gasteiger partial charge in [-0.1, -0.05) is 96.6 Å². The number of nitrogens with one attached hydrogen (secondary N) is 1. The topological polar surface area (TPSA) is 102 Å². The van der Waals surface area contributed by atoms with Crippen molar-refractivity contribution in [1.29, 1.82) is 0 Å². The summed E-state index contributed by atoms with van der Waals surface area (Å²) in [4.78, 5) is 46.9. The van der Waals surface area contributed by atoms with E-state index in [4.69, 9.17) is 14.1 Å². The first-order chi connectivity index (χ1) is 28.4. The van der Waals surface area contributed by atoms with Crippen molar-refractivity contribution in [2.45, 2.75) is 135 Å². The number of amides is 1. The van der Waals surface area contributed by atoms with Crippen LogP contribution in [0.4, 0.5) is 11.4 Å². The highest BCUT2D eigenvalue weighted by Crippen LogP contribution is 2.38. The number of benzene rings is 4. The van der Waals surface area contributed by atoms with Crippen LogP contribution in [-0.2, 0) is 6.42 Å². The maximum atomic E-state index is 13.4. The molecule has 3 aromatic rings. The molecule has 1 amide bonds. The third kappa shape index (κ3) is 10.5. The largest absolute Gasteiger partial charge is 0.453 e. The van der Waals surface area contributed by atoms with Gasteiger partial charge >= 0.3 is 5.97 Å². The second-order valence-corrected chi connectivity index (χ2v) is 16.7. The van der Waals surface area contributed by atoms with Gasteiger partial charge in [0.1, 0.15) is 17.0 Å². The van der Waals surface area contributed by atoms with Gasteiger partial charge in [-0.05, 0) is 116 Å². The van der Waals surface area contributed by atoms with E-state index in [2.05, 4.69) is 48.3 Å². The Balaban J connectivity index is 0.936. The molecule has 4 aliphatic rings. The number of esters is 1. The third-order valence-electron chi connectivity index (χ3n) is 12.4. The average Bonchev–Trinajstić information content (AvgIpc) is 3.24. The number of nitrogens with zero attached hydrogens (tertiary/aromatic N) is 2. The molecule has 0 unspecified atom stereocenters. The molecule has 0 spiro atoms. The Morgan fingerprint density at radius 3 is 2.26 bits per heavy atom. The zero-order chi connectivity index (χ0) is 40.3. The highest BCUT2D eigenvalue weighted by molar-refractivity contribution is 6.05. The molecular formula is C50H61N3O5. The van der Waals surface area contributed by atoms with Crippen molar-refractivity contribution in [1.82, 2.24) is 4.98 Å². The molecule has 1 saturated carbocycles. The van der Waals surface area contributed by atoms with Crippen molar-refractivity contribution in [2.24, 2.45) is 5.92 Å². The quantitative estimate of drug-likeness (QED) is 0.0408. The second-order valence-electron chi connectivity index (χ2n) is 16.7. The molecule has 3 aromatic carbocycles. The number of carbonyl (C=O) groups excluding carboxylic acids is 2. The zero-order valence-electron chi connectivity index (χ0n) is 34.7. The van der Waals surface area contributed by atoms with Crippen LogP contribution in [-0.4, -0.2) is 29.9 Å². The maximum absolute atomic E-state index is 13.4. The SMILES string of the molecule is CCCCCCCCCCN1CCCc2cc3nc4cc(C(=O)Nc5ccc(C(=O)Oc6ccc(C7CCC(CCCCC)CC7)cc6)cc5)c(=O)cc-4oc3cc21. The van der Waals surface area contributed by atoms with Crippen molar-refractivity contribution in [2.75, 3.05) is 23.3 Å². The van der Waals surface area contributed by atoms with Crippen molar-refractivity contribution in [3.63, 3.8) is 0 Å². The summed E-state index contributed by atoms with van der Waals surface area (Å²) in [5.74, 6) is 1.25. The summed E-state index contributed by atoms with van der Waals surface area (Å²) >= 11 is 0. The number of fused-ring (bicyclic) bond motifs is 3. The van der Waals surface area contributed by atoms with Gasteiger partial charge in [0, 0.05) is 36.6 Å². The predicted molar refractivity (Wildman–Crippen MR) is 235 cm³/mol. The summed E-state index contributed by atoms with van der Waals surface area (Å²) in [6, 6.07) is 21.4. The van der Waals surface area contributed by atoms with Crippen LogP contribution in [0.5, 0.6) is 5.75 Å². The molecular weight excluding hydrogens is 723 g/mol. The minimum atomic E-state index is -0.559. The number of anilines is 2. The molecule has 0 aromatic heterocycles. The molecule has 58 heavy (non-hydrogen) atoms. The van der Waals surface area contributed by atoms with E-state index >= 15 is 0 Å². The number of aromatic nitrogens is 1. The van der Waals surface area contributed by atoms with Gasteiger partial charge in [0.2, 0.25) is 0 Å². The lowest BCUT2D eigenvalue weighted by Crippen LogP contribution is -2.30. The lowest BCUT2D eigenvalue weighted by molar-refractivity contribution is 0.0734. The molecule has 2 heterocycles. The van der Waals surface area contributed by atoms with Crippen molar-refractivity contribution < 1.29 is 18.7 Å². The molecule has 2 aliphatic carbocycles. The van der Waals surface area contributed by atoms with E-state index in [-0.39, 0.29) is 5.56 Å². The molecule has 0 bridgehead atoms. The van der Waals surface area contributed by atoms with Gasteiger partial charge in [-0.3, -0.25) is 9.59 Å². The molecule has 8 nitrogen and oxygen atoms in total. The van der Waals surface area contributed by atoms with Crippen LogP contribution in [0.15, 0.2) is 82.0 Å². The number of aryl methyl sites for hydroxylation is 1. The van der Waals surface area contributed by atoms with Gasteiger partial charge in [-0.25, -0.2) is 9.78 Å². The van der Waals surface area contributed by atoms with Crippen LogP contribution in [0, 0.1) is 5.92 Å². The Bertz CT molecular complexity index is 2150. The molecule has 7 rings (SSSR count). The van der Waals surface area contributed by atoms with Crippen LogP contribution in [0.25, 0.3) is 22.6 Å².